The van der Waals surface area contributed by atoms with Gasteiger partial charge in [-0.15, -0.1) is 11.3 Å². The van der Waals surface area contributed by atoms with Crippen molar-refractivity contribution >= 4 is 27.1 Å². The molecule has 0 atom stereocenters. The number of fused-ring (bicyclic) bond motifs is 1. The zero-order valence-corrected chi connectivity index (χ0v) is 11.5. The van der Waals surface area contributed by atoms with Gasteiger partial charge in [0.2, 0.25) is 0 Å². The van der Waals surface area contributed by atoms with Gasteiger partial charge in [-0.25, -0.2) is 0 Å². The van der Waals surface area contributed by atoms with Gasteiger partial charge in [-0.05, 0) is 41.5 Å². The van der Waals surface area contributed by atoms with Crippen molar-refractivity contribution in [2.24, 2.45) is 0 Å². The van der Waals surface area contributed by atoms with Crippen LogP contribution in [0.5, 0.6) is 5.75 Å². The minimum absolute atomic E-state index is 0.553. The monoisotopic (exact) mass is 269 g/mol. The largest absolute Gasteiger partial charge is 0.487 e. The van der Waals surface area contributed by atoms with Crippen LogP contribution < -0.4 is 10.5 Å². The molecule has 0 fully saturated rings. The van der Waals surface area contributed by atoms with Gasteiger partial charge in [-0.2, -0.15) is 0 Å². The third kappa shape index (κ3) is 2.42. The number of hydrogen-bond donors (Lipinski definition) is 1. The fourth-order valence-corrected chi connectivity index (χ4v) is 3.05. The molecule has 0 amide bonds. The summed E-state index contributed by atoms with van der Waals surface area (Å²) in [5, 5.41) is 3.41. The summed E-state index contributed by atoms with van der Waals surface area (Å²) >= 11 is 1.74. The summed E-state index contributed by atoms with van der Waals surface area (Å²) in [6.07, 6.45) is 0. The number of anilines is 1. The Hall–Kier alpha value is -2.00. The Balaban J connectivity index is 1.82. The molecule has 2 nitrogen and oxygen atoms in total. The second-order valence-corrected chi connectivity index (χ2v) is 5.50. The number of benzene rings is 2. The Morgan fingerprint density at radius 2 is 2.00 bits per heavy atom. The molecule has 0 saturated carbocycles. The lowest BCUT2D eigenvalue weighted by molar-refractivity contribution is 0.310. The summed E-state index contributed by atoms with van der Waals surface area (Å²) in [5.41, 5.74) is 9.00. The number of nitrogens with two attached hydrogens (primary N) is 1. The number of aryl methyl sites for hydroxylation is 1. The molecule has 3 aromatic rings. The van der Waals surface area contributed by atoms with Gasteiger partial charge >= 0.3 is 0 Å². The molecule has 19 heavy (non-hydrogen) atoms. The van der Waals surface area contributed by atoms with Crippen LogP contribution in [0, 0.1) is 6.92 Å². The molecule has 0 bridgehead atoms. The predicted octanol–water partition coefficient (Wildman–Crippen LogP) is 4.37. The molecule has 1 aromatic heterocycles. The highest BCUT2D eigenvalue weighted by Gasteiger charge is 2.05. The lowest BCUT2D eigenvalue weighted by atomic mass is 10.2. The van der Waals surface area contributed by atoms with E-state index in [-0.39, 0.29) is 0 Å². The topological polar surface area (TPSA) is 35.2 Å². The van der Waals surface area contributed by atoms with E-state index in [0.717, 1.165) is 11.3 Å². The molecule has 96 valence electrons. The van der Waals surface area contributed by atoms with Gasteiger partial charge in [-0.3, -0.25) is 0 Å². The minimum atomic E-state index is 0.553. The van der Waals surface area contributed by atoms with Crippen LogP contribution in [0.1, 0.15) is 11.1 Å². The van der Waals surface area contributed by atoms with Crippen LogP contribution in [-0.4, -0.2) is 0 Å². The average molecular weight is 269 g/mol. The Kier molecular flexibility index (Phi) is 3.13. The van der Waals surface area contributed by atoms with Crippen LogP contribution in [-0.2, 0) is 6.61 Å². The minimum Gasteiger partial charge on any atom is -0.487 e. The molecule has 0 aliphatic rings. The Labute approximate surface area is 116 Å². The molecule has 0 radical (unpaired) electrons. The van der Waals surface area contributed by atoms with E-state index in [9.17, 15) is 0 Å². The van der Waals surface area contributed by atoms with Gasteiger partial charge < -0.3 is 10.5 Å². The molecule has 3 rings (SSSR count). The third-order valence-electron chi connectivity index (χ3n) is 3.11. The summed E-state index contributed by atoms with van der Waals surface area (Å²) in [4.78, 5) is 0. The summed E-state index contributed by atoms with van der Waals surface area (Å²) in [7, 11) is 0. The maximum atomic E-state index is 5.95. The molecule has 1 heterocycles. The normalized spacial score (nSPS) is 10.8. The van der Waals surface area contributed by atoms with Gasteiger partial charge in [0.25, 0.3) is 0 Å². The van der Waals surface area contributed by atoms with Crippen molar-refractivity contribution in [3.8, 4) is 5.75 Å². The number of ether oxygens (including phenoxy) is 1. The molecule has 2 N–H and O–H groups in total. The van der Waals surface area contributed by atoms with Crippen LogP contribution in [0.3, 0.4) is 0 Å². The van der Waals surface area contributed by atoms with E-state index in [2.05, 4.69) is 29.6 Å². The quantitative estimate of drug-likeness (QED) is 0.716. The zero-order chi connectivity index (χ0) is 13.2. The summed E-state index contributed by atoms with van der Waals surface area (Å²) in [5.74, 6) is 0.751. The smallest absolute Gasteiger partial charge is 0.142 e. The van der Waals surface area contributed by atoms with E-state index in [1.54, 1.807) is 11.3 Å². The van der Waals surface area contributed by atoms with Crippen LogP contribution in [0.25, 0.3) is 10.1 Å². The van der Waals surface area contributed by atoms with Crippen molar-refractivity contribution in [1.29, 1.82) is 0 Å². The van der Waals surface area contributed by atoms with Gasteiger partial charge in [0.1, 0.15) is 12.4 Å². The molecule has 0 aliphatic heterocycles. The summed E-state index contributed by atoms with van der Waals surface area (Å²) < 4.78 is 7.12. The van der Waals surface area contributed by atoms with Crippen LogP contribution >= 0.6 is 11.3 Å². The zero-order valence-electron chi connectivity index (χ0n) is 10.7. The second kappa shape index (κ2) is 4.94. The van der Waals surface area contributed by atoms with Crippen molar-refractivity contribution in [2.45, 2.75) is 13.5 Å². The van der Waals surface area contributed by atoms with Crippen molar-refractivity contribution < 1.29 is 4.74 Å². The second-order valence-electron chi connectivity index (χ2n) is 4.59. The number of hydrogen-bond acceptors (Lipinski definition) is 3. The van der Waals surface area contributed by atoms with E-state index in [0.29, 0.717) is 12.3 Å². The predicted molar refractivity (Wildman–Crippen MR) is 81.7 cm³/mol. The van der Waals surface area contributed by atoms with Crippen molar-refractivity contribution in [3.05, 3.63) is 59.0 Å². The SMILES string of the molecule is Cc1ccc(OCc2csc3ccccc23)c(N)c1. The summed E-state index contributed by atoms with van der Waals surface area (Å²) in [6, 6.07) is 14.2. The first-order chi connectivity index (χ1) is 9.24. The van der Waals surface area contributed by atoms with E-state index in [1.807, 2.05) is 25.1 Å². The van der Waals surface area contributed by atoms with Crippen LogP contribution in [0.4, 0.5) is 5.69 Å². The average Bonchev–Trinajstić information content (AvgIpc) is 2.81. The van der Waals surface area contributed by atoms with Crippen molar-refractivity contribution in [3.63, 3.8) is 0 Å². The molecule has 0 saturated heterocycles. The number of thiophene rings is 1. The molecule has 2 aromatic carbocycles. The Morgan fingerprint density at radius 3 is 2.84 bits per heavy atom. The summed E-state index contributed by atoms with van der Waals surface area (Å²) in [6.45, 7) is 2.57. The standard InChI is InChI=1S/C16H15NOS/c1-11-6-7-15(14(17)8-11)18-9-12-10-19-16-5-3-2-4-13(12)16/h2-8,10H,9,17H2,1H3. The Bertz CT molecular complexity index is 718. The molecular weight excluding hydrogens is 254 g/mol. The third-order valence-corrected chi connectivity index (χ3v) is 4.12. The van der Waals surface area contributed by atoms with Gasteiger partial charge in [-0.1, -0.05) is 24.3 Å². The van der Waals surface area contributed by atoms with E-state index in [1.165, 1.54) is 15.6 Å². The highest BCUT2D eigenvalue weighted by atomic mass is 32.1. The van der Waals surface area contributed by atoms with Crippen LogP contribution in [0.15, 0.2) is 47.8 Å². The number of rotatable bonds is 3. The van der Waals surface area contributed by atoms with Crippen LogP contribution in [0.2, 0.25) is 0 Å². The van der Waals surface area contributed by atoms with Gasteiger partial charge in [0.05, 0.1) is 5.69 Å². The van der Waals surface area contributed by atoms with E-state index >= 15 is 0 Å². The van der Waals surface area contributed by atoms with Gasteiger partial charge in [0.15, 0.2) is 0 Å². The van der Waals surface area contributed by atoms with E-state index < -0.39 is 0 Å². The number of nitrogen functional groups attached to an aromatic ring is 1. The fraction of sp³-hybridized carbons (Fsp3) is 0.125. The first-order valence-electron chi connectivity index (χ1n) is 6.18. The van der Waals surface area contributed by atoms with Crippen molar-refractivity contribution in [1.82, 2.24) is 0 Å². The highest BCUT2D eigenvalue weighted by molar-refractivity contribution is 7.17. The lowest BCUT2D eigenvalue weighted by Gasteiger charge is -2.09. The maximum absolute atomic E-state index is 5.95. The Morgan fingerprint density at radius 1 is 1.16 bits per heavy atom. The first-order valence-corrected chi connectivity index (χ1v) is 7.06. The lowest BCUT2D eigenvalue weighted by Crippen LogP contribution is -1.98. The van der Waals surface area contributed by atoms with Crippen molar-refractivity contribution in [2.75, 3.05) is 5.73 Å². The van der Waals surface area contributed by atoms with E-state index in [4.69, 9.17) is 10.5 Å². The molecule has 0 unspecified atom stereocenters. The first kappa shape index (κ1) is 12.1. The molecule has 0 spiro atoms. The molecule has 0 aliphatic carbocycles. The highest BCUT2D eigenvalue weighted by Crippen LogP contribution is 2.28. The fourth-order valence-electron chi connectivity index (χ4n) is 2.10. The molecule has 3 heteroatoms. The van der Waals surface area contributed by atoms with Gasteiger partial charge in [0, 0.05) is 10.3 Å². The molecular formula is C16H15NOS. The maximum Gasteiger partial charge on any atom is 0.142 e.